The molecule has 0 atom stereocenters. The summed E-state index contributed by atoms with van der Waals surface area (Å²) in [5.41, 5.74) is 6.01. The van der Waals surface area contributed by atoms with E-state index >= 15 is 0 Å². The van der Waals surface area contributed by atoms with Crippen LogP contribution in [0.1, 0.15) is 20.8 Å². The van der Waals surface area contributed by atoms with Gasteiger partial charge in [0.25, 0.3) is 5.91 Å². The van der Waals surface area contributed by atoms with E-state index in [0.717, 1.165) is 16.7 Å². The highest BCUT2D eigenvalue weighted by Gasteiger charge is 2.08. The Kier molecular flexibility index (Phi) is 4.71. The van der Waals surface area contributed by atoms with E-state index in [0.29, 0.717) is 18.7 Å². The predicted molar refractivity (Wildman–Crippen MR) is 76.4 cm³/mol. The number of thiophene rings is 1. The van der Waals surface area contributed by atoms with Crippen LogP contribution in [0.15, 0.2) is 39.1 Å². The second kappa shape index (κ2) is 6.70. The molecule has 5 nitrogen and oxygen atoms in total. The van der Waals surface area contributed by atoms with Crippen LogP contribution in [0.3, 0.4) is 0 Å². The summed E-state index contributed by atoms with van der Waals surface area (Å²) < 4.78 is 4.64. The summed E-state index contributed by atoms with van der Waals surface area (Å²) in [6.45, 7) is 0.662. The first-order chi connectivity index (χ1) is 9.70. The second-order valence-corrected chi connectivity index (χ2v) is 4.79. The van der Waals surface area contributed by atoms with Crippen LogP contribution >= 0.6 is 11.3 Å². The van der Waals surface area contributed by atoms with Gasteiger partial charge in [0.1, 0.15) is 6.26 Å². The maximum atomic E-state index is 11.9. The Morgan fingerprint density at radius 2 is 2.25 bits per heavy atom. The maximum absolute atomic E-state index is 11.9. The normalized spacial score (nSPS) is 9.65. The Morgan fingerprint density at radius 3 is 2.95 bits per heavy atom. The molecule has 2 aromatic rings. The molecule has 0 saturated carbocycles. The molecule has 0 spiro atoms. The molecule has 0 unspecified atom stereocenters. The van der Waals surface area contributed by atoms with Gasteiger partial charge in [-0.2, -0.15) is 0 Å². The van der Waals surface area contributed by atoms with Gasteiger partial charge in [0.2, 0.25) is 0 Å². The lowest BCUT2D eigenvalue weighted by molar-refractivity contribution is 0.0949. The van der Waals surface area contributed by atoms with Crippen LogP contribution in [0, 0.1) is 11.8 Å². The quantitative estimate of drug-likeness (QED) is 0.823. The van der Waals surface area contributed by atoms with Gasteiger partial charge in [0.15, 0.2) is 0 Å². The van der Waals surface area contributed by atoms with Gasteiger partial charge >= 0.3 is 5.63 Å². The zero-order chi connectivity index (χ0) is 14.4. The van der Waals surface area contributed by atoms with Gasteiger partial charge in [-0.05, 0) is 17.5 Å². The van der Waals surface area contributed by atoms with E-state index in [2.05, 4.69) is 21.6 Å². The molecule has 0 radical (unpaired) electrons. The minimum Gasteiger partial charge on any atom is -0.430 e. The van der Waals surface area contributed by atoms with Crippen LogP contribution in [0.2, 0.25) is 0 Å². The highest BCUT2D eigenvalue weighted by atomic mass is 32.1. The largest absolute Gasteiger partial charge is 0.430 e. The van der Waals surface area contributed by atoms with Gasteiger partial charge in [0, 0.05) is 16.5 Å². The maximum Gasteiger partial charge on any atom is 0.335 e. The van der Waals surface area contributed by atoms with Gasteiger partial charge in [-0.3, -0.25) is 4.79 Å². The van der Waals surface area contributed by atoms with Crippen LogP contribution in [0.25, 0.3) is 0 Å². The smallest absolute Gasteiger partial charge is 0.335 e. The van der Waals surface area contributed by atoms with E-state index in [-0.39, 0.29) is 5.91 Å². The number of amides is 1. The zero-order valence-electron chi connectivity index (χ0n) is 10.5. The number of carbonyl (C=O) groups excluding carboxylic acids is 1. The van der Waals surface area contributed by atoms with Gasteiger partial charge < -0.3 is 15.5 Å². The Balaban J connectivity index is 2.02. The number of nitrogens with one attached hydrogen (secondary N) is 1. The number of carbonyl (C=O) groups is 1. The van der Waals surface area contributed by atoms with E-state index in [1.165, 1.54) is 23.5 Å². The van der Waals surface area contributed by atoms with E-state index in [1.54, 1.807) is 0 Å². The molecule has 0 aliphatic heterocycles. The molecule has 3 N–H and O–H groups in total. The lowest BCUT2D eigenvalue weighted by Crippen LogP contribution is -2.23. The van der Waals surface area contributed by atoms with Crippen molar-refractivity contribution < 1.29 is 9.21 Å². The molecule has 0 saturated heterocycles. The third kappa shape index (κ3) is 3.57. The lowest BCUT2D eigenvalue weighted by atomic mass is 10.2. The van der Waals surface area contributed by atoms with Crippen LogP contribution in [-0.4, -0.2) is 12.5 Å². The van der Waals surface area contributed by atoms with Crippen molar-refractivity contribution in [2.45, 2.75) is 6.54 Å². The summed E-state index contributed by atoms with van der Waals surface area (Å²) >= 11 is 1.51. The lowest BCUT2D eigenvalue weighted by Gasteiger charge is -2.03. The van der Waals surface area contributed by atoms with E-state index in [4.69, 9.17) is 5.73 Å². The Morgan fingerprint density at radius 1 is 1.40 bits per heavy atom. The molecule has 2 aromatic heterocycles. The number of nitrogens with two attached hydrogens (primary N) is 1. The average molecular weight is 288 g/mol. The molecule has 6 heteroatoms. The average Bonchev–Trinajstić information content (AvgIpc) is 2.90. The van der Waals surface area contributed by atoms with Crippen molar-refractivity contribution in [2.24, 2.45) is 5.73 Å². The van der Waals surface area contributed by atoms with E-state index in [1.807, 2.05) is 11.4 Å². The van der Waals surface area contributed by atoms with Crippen LogP contribution in [0.5, 0.6) is 0 Å². The fourth-order valence-electron chi connectivity index (χ4n) is 1.48. The summed E-state index contributed by atoms with van der Waals surface area (Å²) in [4.78, 5) is 23.6. The fraction of sp³-hybridized carbons (Fsp3) is 0.143. The van der Waals surface area contributed by atoms with Crippen molar-refractivity contribution in [3.05, 3.63) is 56.3 Å². The highest BCUT2D eigenvalue weighted by molar-refractivity contribution is 7.10. The first-order valence-corrected chi connectivity index (χ1v) is 6.71. The Labute approximate surface area is 119 Å². The van der Waals surface area contributed by atoms with E-state index < -0.39 is 5.63 Å². The summed E-state index contributed by atoms with van der Waals surface area (Å²) in [5.74, 6) is 5.42. The van der Waals surface area contributed by atoms with Crippen molar-refractivity contribution in [3.8, 4) is 11.8 Å². The SMILES string of the molecule is NCC#Cc1ccsc1CNC(=O)c1ccc(=O)oc1. The first-order valence-electron chi connectivity index (χ1n) is 5.83. The predicted octanol–water partition coefficient (Wildman–Crippen LogP) is 0.942. The summed E-state index contributed by atoms with van der Waals surface area (Å²) in [6, 6.07) is 4.51. The fourth-order valence-corrected chi connectivity index (χ4v) is 2.25. The van der Waals surface area contributed by atoms with E-state index in [9.17, 15) is 9.59 Å². The highest BCUT2D eigenvalue weighted by Crippen LogP contribution is 2.15. The van der Waals surface area contributed by atoms with Gasteiger partial charge in [0.05, 0.1) is 18.7 Å². The molecule has 0 aliphatic rings. The summed E-state index contributed by atoms with van der Waals surface area (Å²) in [5, 5.41) is 4.65. The Hall–Kier alpha value is -2.36. The van der Waals surface area contributed by atoms with Crippen LogP contribution in [-0.2, 0) is 6.54 Å². The molecule has 0 aromatic carbocycles. The topological polar surface area (TPSA) is 85.3 Å². The van der Waals surface area contributed by atoms with Gasteiger partial charge in [-0.1, -0.05) is 11.8 Å². The van der Waals surface area contributed by atoms with Crippen LogP contribution in [0.4, 0.5) is 0 Å². The monoisotopic (exact) mass is 288 g/mol. The minimum atomic E-state index is -0.487. The number of hydrogen-bond acceptors (Lipinski definition) is 5. The molecule has 0 aliphatic carbocycles. The molecule has 1 amide bonds. The Bertz CT molecular complexity index is 701. The molecule has 20 heavy (non-hydrogen) atoms. The van der Waals surface area contributed by atoms with Gasteiger partial charge in [-0.15, -0.1) is 11.3 Å². The van der Waals surface area contributed by atoms with Crippen molar-refractivity contribution in [1.82, 2.24) is 5.32 Å². The molecule has 0 bridgehead atoms. The van der Waals surface area contributed by atoms with Crippen molar-refractivity contribution >= 4 is 17.2 Å². The molecule has 102 valence electrons. The van der Waals surface area contributed by atoms with Gasteiger partial charge in [-0.25, -0.2) is 4.79 Å². The third-order valence-corrected chi connectivity index (χ3v) is 3.36. The summed E-state index contributed by atoms with van der Waals surface area (Å²) in [6.07, 6.45) is 1.14. The molecule has 2 heterocycles. The molecule has 2 rings (SSSR count). The molecular weight excluding hydrogens is 276 g/mol. The standard InChI is InChI=1S/C14H12N2O3S/c15-6-1-2-10-5-7-20-12(10)8-16-14(18)11-3-4-13(17)19-9-11/h3-5,7,9H,6,8,15H2,(H,16,18). The second-order valence-electron chi connectivity index (χ2n) is 3.79. The molecule has 0 fully saturated rings. The first kappa shape index (κ1) is 14.1. The zero-order valence-corrected chi connectivity index (χ0v) is 11.3. The molecular formula is C14H12N2O3S. The van der Waals surface area contributed by atoms with Crippen LogP contribution < -0.4 is 16.7 Å². The summed E-state index contributed by atoms with van der Waals surface area (Å²) in [7, 11) is 0. The third-order valence-electron chi connectivity index (χ3n) is 2.44. The van der Waals surface area contributed by atoms with Crippen molar-refractivity contribution in [2.75, 3.05) is 6.54 Å². The minimum absolute atomic E-state index is 0.296. The van der Waals surface area contributed by atoms with Crippen molar-refractivity contribution in [3.63, 3.8) is 0 Å². The number of rotatable bonds is 3. The number of hydrogen-bond donors (Lipinski definition) is 2. The van der Waals surface area contributed by atoms with Crippen molar-refractivity contribution in [1.29, 1.82) is 0 Å².